The highest BCUT2D eigenvalue weighted by molar-refractivity contribution is 5.59. The van der Waals surface area contributed by atoms with Crippen LogP contribution in [0.2, 0.25) is 0 Å². The van der Waals surface area contributed by atoms with Gasteiger partial charge in [0, 0.05) is 20.1 Å². The highest BCUT2D eigenvalue weighted by Crippen LogP contribution is 2.21. The average molecular weight is 247 g/mol. The van der Waals surface area contributed by atoms with E-state index in [1.165, 1.54) is 18.9 Å². The van der Waals surface area contributed by atoms with E-state index < -0.39 is 5.82 Å². The second-order valence-electron chi connectivity index (χ2n) is 4.72. The minimum atomic E-state index is -0.442. The van der Waals surface area contributed by atoms with Gasteiger partial charge in [-0.2, -0.15) is 5.26 Å². The van der Waals surface area contributed by atoms with Crippen LogP contribution >= 0.6 is 0 Å². The zero-order valence-electron chi connectivity index (χ0n) is 10.7. The van der Waals surface area contributed by atoms with Crippen LogP contribution in [0.15, 0.2) is 18.2 Å². The number of halogens is 1. The first-order chi connectivity index (χ1) is 8.72. The van der Waals surface area contributed by atoms with E-state index in [2.05, 4.69) is 4.90 Å². The van der Waals surface area contributed by atoms with Crippen molar-refractivity contribution in [3.63, 3.8) is 0 Å². The molecule has 0 atom stereocenters. The molecule has 1 aliphatic heterocycles. The Morgan fingerprint density at radius 1 is 1.39 bits per heavy atom. The van der Waals surface area contributed by atoms with Crippen LogP contribution in [0.1, 0.15) is 18.4 Å². The van der Waals surface area contributed by atoms with Crippen LogP contribution in [0, 0.1) is 17.1 Å². The lowest BCUT2D eigenvalue weighted by Gasteiger charge is -2.24. The van der Waals surface area contributed by atoms with Crippen LogP contribution in [0.25, 0.3) is 0 Å². The fourth-order valence-electron chi connectivity index (χ4n) is 2.36. The van der Waals surface area contributed by atoms with Gasteiger partial charge in [0.05, 0.1) is 5.69 Å². The Morgan fingerprint density at radius 3 is 2.78 bits per heavy atom. The summed E-state index contributed by atoms with van der Waals surface area (Å²) < 4.78 is 13.5. The summed E-state index contributed by atoms with van der Waals surface area (Å²) in [5.74, 6) is -0.442. The molecule has 3 nitrogen and oxygen atoms in total. The molecule has 1 fully saturated rings. The number of likely N-dealkylation sites (N-methyl/N-ethyl adjacent to an activating group) is 1. The van der Waals surface area contributed by atoms with E-state index in [0.29, 0.717) is 5.69 Å². The summed E-state index contributed by atoms with van der Waals surface area (Å²) in [6.45, 7) is 4.10. The third kappa shape index (κ3) is 2.80. The second-order valence-corrected chi connectivity index (χ2v) is 4.72. The van der Waals surface area contributed by atoms with Crippen molar-refractivity contribution in [1.29, 1.82) is 5.26 Å². The highest BCUT2D eigenvalue weighted by Gasteiger charge is 2.14. The number of likely N-dealkylation sites (tertiary alicyclic amines) is 1. The molecule has 1 aliphatic rings. The number of hydrogen-bond donors (Lipinski definition) is 0. The number of nitriles is 1. The van der Waals surface area contributed by atoms with E-state index >= 15 is 0 Å². The van der Waals surface area contributed by atoms with Gasteiger partial charge in [0.25, 0.3) is 0 Å². The van der Waals surface area contributed by atoms with Crippen molar-refractivity contribution in [2.24, 2.45) is 0 Å². The van der Waals surface area contributed by atoms with Crippen molar-refractivity contribution in [2.75, 3.05) is 38.1 Å². The van der Waals surface area contributed by atoms with Gasteiger partial charge >= 0.3 is 0 Å². The van der Waals surface area contributed by atoms with E-state index in [1.807, 2.05) is 18.0 Å². The maximum absolute atomic E-state index is 13.5. The van der Waals surface area contributed by atoms with Crippen LogP contribution in [0.5, 0.6) is 0 Å². The molecule has 0 N–H and O–H groups in total. The maximum atomic E-state index is 13.5. The summed E-state index contributed by atoms with van der Waals surface area (Å²) in [6, 6.07) is 6.72. The Balaban J connectivity index is 2.02. The van der Waals surface area contributed by atoms with Gasteiger partial charge < -0.3 is 9.80 Å². The maximum Gasteiger partial charge on any atom is 0.143 e. The standard InChI is InChI=1S/C14H18FN3/c1-17(9-10-18-7-2-3-8-18)14-6-4-5-13(15)12(14)11-16/h4-6H,2-3,7-10H2,1H3. The molecule has 0 aliphatic carbocycles. The molecule has 1 saturated heterocycles. The molecular formula is C14H18FN3. The van der Waals surface area contributed by atoms with Gasteiger partial charge in [-0.3, -0.25) is 0 Å². The zero-order valence-corrected chi connectivity index (χ0v) is 10.7. The molecule has 0 saturated carbocycles. The number of hydrogen-bond acceptors (Lipinski definition) is 3. The molecule has 0 spiro atoms. The average Bonchev–Trinajstić information content (AvgIpc) is 2.88. The molecule has 0 unspecified atom stereocenters. The second kappa shape index (κ2) is 5.83. The molecule has 0 bridgehead atoms. The Kier molecular flexibility index (Phi) is 4.16. The Hall–Kier alpha value is -1.60. The van der Waals surface area contributed by atoms with E-state index in [4.69, 9.17) is 5.26 Å². The summed E-state index contributed by atoms with van der Waals surface area (Å²) in [7, 11) is 1.91. The van der Waals surface area contributed by atoms with Crippen molar-refractivity contribution in [3.8, 4) is 6.07 Å². The van der Waals surface area contributed by atoms with Crippen molar-refractivity contribution < 1.29 is 4.39 Å². The first kappa shape index (κ1) is 12.8. The highest BCUT2D eigenvalue weighted by atomic mass is 19.1. The van der Waals surface area contributed by atoms with Crippen LogP contribution < -0.4 is 4.90 Å². The van der Waals surface area contributed by atoms with Crippen molar-refractivity contribution in [1.82, 2.24) is 4.90 Å². The lowest BCUT2D eigenvalue weighted by molar-refractivity contribution is 0.346. The first-order valence-electron chi connectivity index (χ1n) is 6.34. The van der Waals surface area contributed by atoms with E-state index in [-0.39, 0.29) is 5.56 Å². The van der Waals surface area contributed by atoms with Gasteiger partial charge in [-0.15, -0.1) is 0 Å². The first-order valence-corrected chi connectivity index (χ1v) is 6.34. The van der Waals surface area contributed by atoms with Gasteiger partial charge in [-0.1, -0.05) is 6.07 Å². The van der Waals surface area contributed by atoms with Gasteiger partial charge in [-0.05, 0) is 38.1 Å². The molecule has 2 rings (SSSR count). The summed E-state index contributed by atoms with van der Waals surface area (Å²) >= 11 is 0. The smallest absolute Gasteiger partial charge is 0.143 e. The van der Waals surface area contributed by atoms with Gasteiger partial charge in [0.1, 0.15) is 17.4 Å². The number of benzene rings is 1. The molecular weight excluding hydrogens is 229 g/mol. The fraction of sp³-hybridized carbons (Fsp3) is 0.500. The Labute approximate surface area is 107 Å². The lowest BCUT2D eigenvalue weighted by atomic mass is 10.1. The molecule has 4 heteroatoms. The number of nitrogens with zero attached hydrogens (tertiary/aromatic N) is 3. The SMILES string of the molecule is CN(CCN1CCCC1)c1cccc(F)c1C#N. The minimum Gasteiger partial charge on any atom is -0.372 e. The van der Waals surface area contributed by atoms with Gasteiger partial charge in [-0.25, -0.2) is 4.39 Å². The van der Waals surface area contributed by atoms with Crippen LogP contribution in [0.4, 0.5) is 10.1 Å². The molecule has 1 heterocycles. The largest absolute Gasteiger partial charge is 0.372 e. The van der Waals surface area contributed by atoms with E-state index in [1.54, 1.807) is 12.1 Å². The summed E-state index contributed by atoms with van der Waals surface area (Å²) in [5.41, 5.74) is 0.818. The number of anilines is 1. The predicted molar refractivity (Wildman–Crippen MR) is 70.1 cm³/mol. The summed E-state index contributed by atoms with van der Waals surface area (Å²) in [5, 5.41) is 9.00. The minimum absolute atomic E-state index is 0.140. The normalized spacial score (nSPS) is 15.6. The van der Waals surface area contributed by atoms with Crippen LogP contribution in [-0.4, -0.2) is 38.1 Å². The molecule has 0 aromatic heterocycles. The van der Waals surface area contributed by atoms with Crippen LogP contribution in [-0.2, 0) is 0 Å². The van der Waals surface area contributed by atoms with Crippen molar-refractivity contribution in [2.45, 2.75) is 12.8 Å². The van der Waals surface area contributed by atoms with E-state index in [9.17, 15) is 4.39 Å². The van der Waals surface area contributed by atoms with Gasteiger partial charge in [0.15, 0.2) is 0 Å². The Morgan fingerprint density at radius 2 is 2.11 bits per heavy atom. The predicted octanol–water partition coefficient (Wildman–Crippen LogP) is 2.23. The van der Waals surface area contributed by atoms with Crippen LogP contribution in [0.3, 0.4) is 0 Å². The third-order valence-electron chi connectivity index (χ3n) is 3.46. The van der Waals surface area contributed by atoms with Crippen molar-refractivity contribution in [3.05, 3.63) is 29.6 Å². The zero-order chi connectivity index (χ0) is 13.0. The molecule has 18 heavy (non-hydrogen) atoms. The summed E-state index contributed by atoms with van der Waals surface area (Å²) in [6.07, 6.45) is 2.54. The molecule has 1 aromatic carbocycles. The fourth-order valence-corrected chi connectivity index (χ4v) is 2.36. The number of rotatable bonds is 4. The van der Waals surface area contributed by atoms with Gasteiger partial charge in [0.2, 0.25) is 0 Å². The molecule has 0 radical (unpaired) electrons. The molecule has 0 amide bonds. The summed E-state index contributed by atoms with van der Waals surface area (Å²) in [4.78, 5) is 4.36. The van der Waals surface area contributed by atoms with E-state index in [0.717, 1.165) is 26.2 Å². The quantitative estimate of drug-likeness (QED) is 0.817. The molecule has 96 valence electrons. The lowest BCUT2D eigenvalue weighted by Crippen LogP contribution is -2.31. The third-order valence-corrected chi connectivity index (χ3v) is 3.46. The Bertz CT molecular complexity index is 447. The van der Waals surface area contributed by atoms with Crippen molar-refractivity contribution >= 4 is 5.69 Å². The monoisotopic (exact) mass is 247 g/mol. The topological polar surface area (TPSA) is 30.3 Å². The molecule has 1 aromatic rings.